The number of amides is 1. The highest BCUT2D eigenvalue weighted by Crippen LogP contribution is 2.13. The number of carbonyl (C=O) groups is 1. The number of aromatic nitrogens is 4. The molecule has 0 spiro atoms. The molecule has 0 aliphatic heterocycles. The van der Waals surface area contributed by atoms with Crippen LogP contribution in [0.25, 0.3) is 5.69 Å². The van der Waals surface area contributed by atoms with Gasteiger partial charge in [-0.3, -0.25) is 4.79 Å². The molecule has 7 nitrogen and oxygen atoms in total. The molecule has 1 amide bonds. The van der Waals surface area contributed by atoms with Crippen molar-refractivity contribution in [2.45, 2.75) is 20.3 Å². The molecule has 0 fully saturated rings. The molecule has 24 heavy (non-hydrogen) atoms. The maximum atomic E-state index is 12.2. The second-order valence-electron chi connectivity index (χ2n) is 5.43. The smallest absolute Gasteiger partial charge is 0.251 e. The molecule has 2 aromatic heterocycles. The molecule has 124 valence electrons. The van der Waals surface area contributed by atoms with Crippen LogP contribution in [0.3, 0.4) is 0 Å². The standard InChI is InChI=1S/C16H18N6OS/c1-10-9-11(2)22(21-10)13-5-3-12(4-6-13)15(23)18-8-7-14-19-20-16(17)24-14/h3-6,9H,7-8H2,1-2H3,(H2,17,20)(H,18,23). The van der Waals surface area contributed by atoms with E-state index in [9.17, 15) is 4.79 Å². The van der Waals surface area contributed by atoms with Gasteiger partial charge in [-0.05, 0) is 44.2 Å². The fourth-order valence-electron chi connectivity index (χ4n) is 2.40. The summed E-state index contributed by atoms with van der Waals surface area (Å²) in [6.45, 7) is 4.45. The van der Waals surface area contributed by atoms with Crippen molar-refractivity contribution < 1.29 is 4.79 Å². The molecule has 0 radical (unpaired) electrons. The van der Waals surface area contributed by atoms with Crippen molar-refractivity contribution >= 4 is 22.4 Å². The third kappa shape index (κ3) is 3.60. The lowest BCUT2D eigenvalue weighted by Crippen LogP contribution is -2.25. The van der Waals surface area contributed by atoms with E-state index in [1.807, 2.05) is 36.7 Å². The number of nitrogen functional groups attached to an aromatic ring is 1. The van der Waals surface area contributed by atoms with E-state index in [-0.39, 0.29) is 5.91 Å². The summed E-state index contributed by atoms with van der Waals surface area (Å²) < 4.78 is 1.86. The summed E-state index contributed by atoms with van der Waals surface area (Å²) in [5.74, 6) is -0.118. The molecule has 0 bridgehead atoms. The van der Waals surface area contributed by atoms with Crippen LogP contribution in [0.2, 0.25) is 0 Å². The first-order valence-electron chi connectivity index (χ1n) is 7.52. The van der Waals surface area contributed by atoms with Gasteiger partial charge in [-0.2, -0.15) is 5.10 Å². The Morgan fingerprint density at radius 1 is 1.25 bits per heavy atom. The van der Waals surface area contributed by atoms with Gasteiger partial charge in [0.15, 0.2) is 0 Å². The van der Waals surface area contributed by atoms with Crippen molar-refractivity contribution in [3.05, 3.63) is 52.3 Å². The lowest BCUT2D eigenvalue weighted by Gasteiger charge is -2.07. The molecular weight excluding hydrogens is 324 g/mol. The highest BCUT2D eigenvalue weighted by molar-refractivity contribution is 7.15. The molecule has 0 unspecified atom stereocenters. The maximum absolute atomic E-state index is 12.2. The van der Waals surface area contributed by atoms with Crippen LogP contribution in [-0.4, -0.2) is 32.4 Å². The van der Waals surface area contributed by atoms with E-state index >= 15 is 0 Å². The predicted molar refractivity (Wildman–Crippen MR) is 93.4 cm³/mol. The quantitative estimate of drug-likeness (QED) is 0.738. The number of anilines is 1. The van der Waals surface area contributed by atoms with Gasteiger partial charge >= 0.3 is 0 Å². The van der Waals surface area contributed by atoms with Crippen molar-refractivity contribution in [3.63, 3.8) is 0 Å². The summed E-state index contributed by atoms with van der Waals surface area (Å²) in [7, 11) is 0. The second kappa shape index (κ2) is 6.79. The topological polar surface area (TPSA) is 98.7 Å². The van der Waals surface area contributed by atoms with Crippen LogP contribution in [0.4, 0.5) is 5.13 Å². The Labute approximate surface area is 143 Å². The average Bonchev–Trinajstić information content (AvgIpc) is 3.12. The van der Waals surface area contributed by atoms with Crippen LogP contribution in [0.15, 0.2) is 30.3 Å². The third-order valence-corrected chi connectivity index (χ3v) is 4.30. The van der Waals surface area contributed by atoms with Gasteiger partial charge in [0, 0.05) is 24.2 Å². The van der Waals surface area contributed by atoms with Crippen LogP contribution in [-0.2, 0) is 6.42 Å². The van der Waals surface area contributed by atoms with Crippen LogP contribution in [0, 0.1) is 13.8 Å². The Balaban J connectivity index is 1.60. The minimum absolute atomic E-state index is 0.118. The van der Waals surface area contributed by atoms with Crippen LogP contribution >= 0.6 is 11.3 Å². The number of benzene rings is 1. The van der Waals surface area contributed by atoms with Gasteiger partial charge in [-0.25, -0.2) is 4.68 Å². The van der Waals surface area contributed by atoms with Crippen LogP contribution < -0.4 is 11.1 Å². The molecule has 0 saturated carbocycles. The number of nitrogens with one attached hydrogen (secondary N) is 1. The predicted octanol–water partition coefficient (Wildman–Crippen LogP) is 1.90. The van der Waals surface area contributed by atoms with E-state index < -0.39 is 0 Å². The van der Waals surface area contributed by atoms with Gasteiger partial charge in [-0.15, -0.1) is 10.2 Å². The zero-order valence-electron chi connectivity index (χ0n) is 13.5. The molecule has 2 heterocycles. The molecule has 1 aromatic carbocycles. The SMILES string of the molecule is Cc1cc(C)n(-c2ccc(C(=O)NCCc3nnc(N)s3)cc2)n1. The molecule has 3 N–H and O–H groups in total. The summed E-state index contributed by atoms with van der Waals surface area (Å²) in [4.78, 5) is 12.2. The van der Waals surface area contributed by atoms with E-state index in [4.69, 9.17) is 5.73 Å². The zero-order chi connectivity index (χ0) is 17.1. The van der Waals surface area contributed by atoms with E-state index in [0.29, 0.717) is 23.7 Å². The monoisotopic (exact) mass is 342 g/mol. The number of hydrogen-bond acceptors (Lipinski definition) is 6. The average molecular weight is 342 g/mol. The fourth-order valence-corrected chi connectivity index (χ4v) is 3.01. The van der Waals surface area contributed by atoms with E-state index in [2.05, 4.69) is 20.6 Å². The molecule has 8 heteroatoms. The lowest BCUT2D eigenvalue weighted by atomic mass is 10.2. The van der Waals surface area contributed by atoms with Crippen LogP contribution in [0.1, 0.15) is 26.8 Å². The summed E-state index contributed by atoms with van der Waals surface area (Å²) in [5.41, 5.74) is 9.09. The van der Waals surface area contributed by atoms with Gasteiger partial charge in [0.1, 0.15) is 5.01 Å². The highest BCUT2D eigenvalue weighted by atomic mass is 32.1. The van der Waals surface area contributed by atoms with Crippen molar-refractivity contribution in [2.75, 3.05) is 12.3 Å². The second-order valence-corrected chi connectivity index (χ2v) is 6.52. The van der Waals surface area contributed by atoms with Crippen molar-refractivity contribution in [2.24, 2.45) is 0 Å². The molecule has 0 saturated heterocycles. The Kier molecular flexibility index (Phi) is 4.57. The number of rotatable bonds is 5. The van der Waals surface area contributed by atoms with E-state index in [1.54, 1.807) is 12.1 Å². The summed E-state index contributed by atoms with van der Waals surface area (Å²) >= 11 is 1.33. The molecule has 0 atom stereocenters. The highest BCUT2D eigenvalue weighted by Gasteiger charge is 2.08. The number of aryl methyl sites for hydroxylation is 2. The van der Waals surface area contributed by atoms with E-state index in [0.717, 1.165) is 22.1 Å². The molecule has 0 aliphatic carbocycles. The van der Waals surface area contributed by atoms with Crippen molar-refractivity contribution in [3.8, 4) is 5.69 Å². The number of carbonyl (C=O) groups excluding carboxylic acids is 1. The Morgan fingerprint density at radius 3 is 2.58 bits per heavy atom. The number of nitrogens with zero attached hydrogens (tertiary/aromatic N) is 4. The van der Waals surface area contributed by atoms with Gasteiger partial charge < -0.3 is 11.1 Å². The van der Waals surface area contributed by atoms with Crippen molar-refractivity contribution in [1.29, 1.82) is 0 Å². The van der Waals surface area contributed by atoms with E-state index in [1.165, 1.54) is 11.3 Å². The van der Waals surface area contributed by atoms with Gasteiger partial charge in [0.25, 0.3) is 5.91 Å². The fraction of sp³-hybridized carbons (Fsp3) is 0.250. The molecule has 3 rings (SSSR count). The van der Waals surface area contributed by atoms with Crippen LogP contribution in [0.5, 0.6) is 0 Å². The maximum Gasteiger partial charge on any atom is 0.251 e. The first-order valence-corrected chi connectivity index (χ1v) is 8.34. The molecule has 3 aromatic rings. The minimum atomic E-state index is -0.118. The van der Waals surface area contributed by atoms with Gasteiger partial charge in [0.2, 0.25) is 5.13 Å². The molecule has 0 aliphatic rings. The Morgan fingerprint density at radius 2 is 2.00 bits per heavy atom. The number of hydrogen-bond donors (Lipinski definition) is 2. The third-order valence-electron chi connectivity index (χ3n) is 3.49. The minimum Gasteiger partial charge on any atom is -0.374 e. The zero-order valence-corrected chi connectivity index (χ0v) is 14.3. The normalized spacial score (nSPS) is 10.8. The summed E-state index contributed by atoms with van der Waals surface area (Å²) in [6, 6.07) is 9.38. The van der Waals surface area contributed by atoms with Gasteiger partial charge in [-0.1, -0.05) is 11.3 Å². The number of nitrogens with two attached hydrogens (primary N) is 1. The largest absolute Gasteiger partial charge is 0.374 e. The first kappa shape index (κ1) is 16.1. The summed E-state index contributed by atoms with van der Waals surface area (Å²) in [5, 5.41) is 16.2. The van der Waals surface area contributed by atoms with Crippen molar-refractivity contribution in [1.82, 2.24) is 25.3 Å². The molecular formula is C16H18N6OS. The first-order chi connectivity index (χ1) is 11.5. The lowest BCUT2D eigenvalue weighted by molar-refractivity contribution is 0.0954. The summed E-state index contributed by atoms with van der Waals surface area (Å²) in [6.07, 6.45) is 0.616. The van der Waals surface area contributed by atoms with Gasteiger partial charge in [0.05, 0.1) is 11.4 Å². The Bertz CT molecular complexity index is 852. The Hall–Kier alpha value is -2.74.